The Hall–Kier alpha value is -4.97. The molecular weight excluding hydrogens is 817 g/mol. The number of nitro benzene ring substituents is 1. The van der Waals surface area contributed by atoms with Gasteiger partial charge >= 0.3 is 17.9 Å². The van der Waals surface area contributed by atoms with Gasteiger partial charge in [0.1, 0.15) is 0 Å². The van der Waals surface area contributed by atoms with Crippen molar-refractivity contribution < 1.29 is 54.2 Å². The maximum absolute atomic E-state index is 13.8. The normalized spacial score (nSPS) is 14.3. The van der Waals surface area contributed by atoms with Gasteiger partial charge in [-0.1, -0.05) is 71.7 Å². The number of fused-ring (bicyclic) bond motifs is 1. The molecule has 1 heterocycles. The van der Waals surface area contributed by atoms with Crippen LogP contribution in [0.15, 0.2) is 83.8 Å². The van der Waals surface area contributed by atoms with E-state index in [0.717, 1.165) is 49.4 Å². The molecule has 0 unspecified atom stereocenters. The van der Waals surface area contributed by atoms with Crippen LogP contribution in [0.5, 0.6) is 0 Å². The number of carboxylic acid groups (broad SMARTS) is 3. The zero-order valence-electron chi connectivity index (χ0n) is 31.7. The Morgan fingerprint density at radius 2 is 1.53 bits per heavy atom. The van der Waals surface area contributed by atoms with Crippen LogP contribution in [0.25, 0.3) is 10.8 Å². The number of halogens is 2. The molecule has 0 saturated carbocycles. The van der Waals surface area contributed by atoms with Gasteiger partial charge < -0.3 is 35.7 Å². The van der Waals surface area contributed by atoms with Gasteiger partial charge in [0.2, 0.25) is 0 Å². The molecule has 1 aliphatic heterocycles. The maximum atomic E-state index is 13.8. The van der Waals surface area contributed by atoms with Crippen molar-refractivity contribution in [2.45, 2.75) is 54.4 Å². The van der Waals surface area contributed by atoms with E-state index in [1.807, 2.05) is 42.5 Å². The summed E-state index contributed by atoms with van der Waals surface area (Å²) in [4.78, 5) is 60.5. The highest BCUT2D eigenvalue weighted by Crippen LogP contribution is 2.34. The average Bonchev–Trinajstić information content (AvgIpc) is 3.16. The van der Waals surface area contributed by atoms with E-state index in [0.29, 0.717) is 38.8 Å². The molecule has 0 aliphatic carbocycles. The minimum absolute atomic E-state index is 0. The number of hydrogen-bond acceptors (Lipinski definition) is 9. The number of nitro groups is 1. The second-order valence-corrected chi connectivity index (χ2v) is 16.1. The molecular formula is C40H45Cl2N3O12S. The summed E-state index contributed by atoms with van der Waals surface area (Å²) < 4.78 is 12.3. The monoisotopic (exact) mass is 861 g/mol. The van der Waals surface area contributed by atoms with E-state index in [-0.39, 0.29) is 23.0 Å². The van der Waals surface area contributed by atoms with Crippen molar-refractivity contribution in [1.82, 2.24) is 9.80 Å². The van der Waals surface area contributed by atoms with Gasteiger partial charge in [0.05, 0.1) is 44.2 Å². The highest BCUT2D eigenvalue weighted by Gasteiger charge is 2.40. The van der Waals surface area contributed by atoms with Crippen LogP contribution in [0.4, 0.5) is 5.69 Å². The van der Waals surface area contributed by atoms with Crippen molar-refractivity contribution >= 4 is 74.3 Å². The molecule has 0 radical (unpaired) electrons. The molecule has 15 nitrogen and oxygen atoms in total. The summed E-state index contributed by atoms with van der Waals surface area (Å²) in [7, 11) is 0.717. The Bertz CT molecular complexity index is 2150. The third kappa shape index (κ3) is 12.5. The molecule has 1 aliphatic rings. The Balaban J connectivity index is 0.000000554. The number of likely N-dealkylation sites (tertiary alicyclic amines) is 1. The van der Waals surface area contributed by atoms with Crippen LogP contribution in [0.3, 0.4) is 0 Å². The first kappa shape index (κ1) is 47.4. The van der Waals surface area contributed by atoms with Crippen molar-refractivity contribution in [1.29, 1.82) is 0 Å². The number of rotatable bonds is 15. The predicted octanol–water partition coefficient (Wildman–Crippen LogP) is 5.84. The van der Waals surface area contributed by atoms with E-state index in [9.17, 15) is 33.5 Å². The number of carbonyl (C=O) groups excluding carboxylic acids is 1. The fraction of sp³-hybridized carbons (Fsp3) is 0.350. The van der Waals surface area contributed by atoms with Crippen molar-refractivity contribution in [2.75, 3.05) is 39.5 Å². The largest absolute Gasteiger partial charge is 0.481 e. The third-order valence-corrected chi connectivity index (χ3v) is 11.6. The van der Waals surface area contributed by atoms with Gasteiger partial charge in [0.25, 0.3) is 11.6 Å². The summed E-state index contributed by atoms with van der Waals surface area (Å²) >= 11 is 12.6. The quantitative estimate of drug-likeness (QED) is 0.0813. The van der Waals surface area contributed by atoms with Gasteiger partial charge in [0.15, 0.2) is 5.60 Å². The molecule has 5 rings (SSSR count). The highest BCUT2D eigenvalue weighted by atomic mass is 35.5. The fourth-order valence-electron chi connectivity index (χ4n) is 6.93. The maximum Gasteiger partial charge on any atom is 0.336 e. The van der Waals surface area contributed by atoms with Crippen molar-refractivity contribution in [3.63, 3.8) is 0 Å². The van der Waals surface area contributed by atoms with Gasteiger partial charge in [-0.25, -0.2) is 4.79 Å². The zero-order chi connectivity index (χ0) is 42.0. The number of aliphatic carboxylic acids is 3. The van der Waals surface area contributed by atoms with Gasteiger partial charge in [-0.15, -0.1) is 0 Å². The van der Waals surface area contributed by atoms with E-state index < -0.39 is 52.1 Å². The molecule has 58 heavy (non-hydrogen) atoms. The number of hydrogen-bond donors (Lipinski definition) is 4. The number of non-ortho nitro benzene ring substituents is 1. The SMILES string of the molecule is CN(C[C@@H](CCN1CCC(c2ccccc2[S@](C)=O)CC1)c1ccc(Cl)c(Cl)c1)C(=O)c1cc([N+](=O)[O-])cc2ccccc12.O.O=C(O)CC(O)(CC(=O)O)C(=O)O. The van der Waals surface area contributed by atoms with Crippen LogP contribution in [-0.4, -0.2) is 114 Å². The molecule has 0 aromatic heterocycles. The molecule has 4 aromatic rings. The van der Waals surface area contributed by atoms with Crippen LogP contribution in [0, 0.1) is 10.1 Å². The summed E-state index contributed by atoms with van der Waals surface area (Å²) in [5.74, 6) is -4.95. The zero-order valence-corrected chi connectivity index (χ0v) is 34.0. The van der Waals surface area contributed by atoms with Crippen LogP contribution in [0.1, 0.15) is 65.4 Å². The summed E-state index contributed by atoms with van der Waals surface area (Å²) in [6.07, 6.45) is 2.21. The summed E-state index contributed by atoms with van der Waals surface area (Å²) in [6, 6.07) is 23.7. The number of likely N-dealkylation sites (N-methyl/N-ethyl adjacent to an activating group) is 1. The molecule has 1 amide bonds. The minimum Gasteiger partial charge on any atom is -0.481 e. The topological polar surface area (TPSA) is 247 Å². The molecule has 6 N–H and O–H groups in total. The Kier molecular flexibility index (Phi) is 17.3. The van der Waals surface area contributed by atoms with Crippen molar-refractivity contribution in [3.8, 4) is 0 Å². The molecule has 1 saturated heterocycles. The smallest absolute Gasteiger partial charge is 0.336 e. The fourth-order valence-corrected chi connectivity index (χ4v) is 8.07. The van der Waals surface area contributed by atoms with E-state index in [2.05, 4.69) is 11.0 Å². The third-order valence-electron chi connectivity index (χ3n) is 9.88. The average molecular weight is 863 g/mol. The lowest BCUT2D eigenvalue weighted by Crippen LogP contribution is -2.42. The molecule has 1 fully saturated rings. The minimum atomic E-state index is -2.74. The molecule has 312 valence electrons. The van der Waals surface area contributed by atoms with Crippen LogP contribution < -0.4 is 0 Å². The summed E-state index contributed by atoms with van der Waals surface area (Å²) in [5.41, 5.74) is -0.372. The number of piperidine rings is 1. The van der Waals surface area contributed by atoms with Crippen LogP contribution >= 0.6 is 23.2 Å². The number of nitrogens with zero attached hydrogens (tertiary/aromatic N) is 3. The Labute approximate surface area is 346 Å². The first-order chi connectivity index (χ1) is 26.9. The lowest BCUT2D eigenvalue weighted by atomic mass is 9.88. The van der Waals surface area contributed by atoms with Crippen LogP contribution in [-0.2, 0) is 25.2 Å². The van der Waals surface area contributed by atoms with Gasteiger partial charge in [-0.3, -0.25) is 28.7 Å². The number of benzene rings is 4. The number of carbonyl (C=O) groups is 4. The second kappa shape index (κ2) is 21.2. The van der Waals surface area contributed by atoms with E-state index in [4.69, 9.17) is 43.6 Å². The van der Waals surface area contributed by atoms with Crippen molar-refractivity contribution in [2.24, 2.45) is 0 Å². The first-order valence-corrected chi connectivity index (χ1v) is 20.1. The van der Waals surface area contributed by atoms with Crippen LogP contribution in [0.2, 0.25) is 10.0 Å². The van der Waals surface area contributed by atoms with E-state index in [1.54, 1.807) is 36.4 Å². The van der Waals surface area contributed by atoms with E-state index in [1.165, 1.54) is 17.7 Å². The standard InChI is InChI=1S/C34H35Cl2N3O4S.C6H8O7.H2O/c1-37(34(40)30-21-27(39(41)42)19-25-7-3-4-8-28(25)30)22-26(24-11-12-31(35)32(36)20-24)15-18-38-16-13-23(14-17-38)29-9-5-6-10-33(29)44(2)43;7-3(8)1-6(13,5(11)12)2-4(9)10;/h3-12,19-21,23,26H,13-18,22H2,1-2H3;13H,1-2H2,(H,7,8)(H,9,10)(H,11,12);1H2/t26-,44+;;/m1../s1. The molecule has 4 aromatic carbocycles. The Morgan fingerprint density at radius 3 is 2.10 bits per heavy atom. The lowest BCUT2D eigenvalue weighted by Gasteiger charge is -2.34. The highest BCUT2D eigenvalue weighted by molar-refractivity contribution is 7.84. The number of amides is 1. The molecule has 0 spiro atoms. The first-order valence-electron chi connectivity index (χ1n) is 17.8. The summed E-state index contributed by atoms with van der Waals surface area (Å²) in [6.45, 7) is 3.09. The predicted molar refractivity (Wildman–Crippen MR) is 219 cm³/mol. The lowest BCUT2D eigenvalue weighted by molar-refractivity contribution is -0.384. The van der Waals surface area contributed by atoms with Gasteiger partial charge in [0, 0.05) is 42.8 Å². The molecule has 18 heteroatoms. The van der Waals surface area contributed by atoms with E-state index >= 15 is 0 Å². The Morgan fingerprint density at radius 1 is 0.931 bits per heavy atom. The second-order valence-electron chi connectivity index (χ2n) is 13.9. The molecule has 0 bridgehead atoms. The number of carboxylic acids is 3. The van der Waals surface area contributed by atoms with Gasteiger partial charge in [-0.05, 0) is 84.9 Å². The van der Waals surface area contributed by atoms with Crippen molar-refractivity contribution in [3.05, 3.63) is 116 Å². The summed E-state index contributed by atoms with van der Waals surface area (Å²) in [5, 5.41) is 47.7. The number of aliphatic hydroxyl groups is 1. The molecule has 2 atom stereocenters. The van der Waals surface area contributed by atoms with Gasteiger partial charge in [-0.2, -0.15) is 0 Å².